The van der Waals surface area contributed by atoms with E-state index in [2.05, 4.69) is 17.4 Å². The first-order chi connectivity index (χ1) is 14.5. The molecule has 3 rings (SSSR count). The molecule has 0 spiro atoms. The number of nitrogens with zero attached hydrogens (tertiary/aromatic N) is 1. The number of thiophene rings is 1. The van der Waals surface area contributed by atoms with Crippen LogP contribution in [-0.4, -0.2) is 38.0 Å². The van der Waals surface area contributed by atoms with E-state index in [0.29, 0.717) is 22.2 Å². The Balaban J connectivity index is 1.56. The van der Waals surface area contributed by atoms with Crippen molar-refractivity contribution in [2.24, 2.45) is 16.8 Å². The van der Waals surface area contributed by atoms with Crippen molar-refractivity contribution < 1.29 is 23.9 Å². The largest absolute Gasteiger partial charge is 0.486 e. The second-order valence-electron chi connectivity index (χ2n) is 7.05. The molecule has 8 nitrogen and oxygen atoms in total. The van der Waals surface area contributed by atoms with Gasteiger partial charge in [-0.25, -0.2) is 4.79 Å². The van der Waals surface area contributed by atoms with Crippen molar-refractivity contribution in [1.29, 1.82) is 0 Å². The van der Waals surface area contributed by atoms with Gasteiger partial charge in [-0.2, -0.15) is 0 Å². The van der Waals surface area contributed by atoms with E-state index in [9.17, 15) is 9.59 Å². The number of rotatable bonds is 8. The number of hydrogen-bond acceptors (Lipinski definition) is 7. The number of amidine groups is 1. The van der Waals surface area contributed by atoms with Gasteiger partial charge in [0, 0.05) is 4.88 Å². The Hall–Kier alpha value is -3.07. The fourth-order valence-corrected chi connectivity index (χ4v) is 4.61. The van der Waals surface area contributed by atoms with Crippen molar-refractivity contribution in [2.45, 2.75) is 26.2 Å². The molecule has 0 saturated carbocycles. The molecule has 0 saturated heterocycles. The summed E-state index contributed by atoms with van der Waals surface area (Å²) >= 11 is 1.41. The number of amides is 1. The predicted octanol–water partition coefficient (Wildman–Crippen LogP) is 2.97. The van der Waals surface area contributed by atoms with Crippen LogP contribution in [0.25, 0.3) is 0 Å². The summed E-state index contributed by atoms with van der Waals surface area (Å²) in [5, 5.41) is 6.92. The Bertz CT molecular complexity index is 926. The van der Waals surface area contributed by atoms with Gasteiger partial charge in [0.05, 0.1) is 12.7 Å². The van der Waals surface area contributed by atoms with Gasteiger partial charge in [0.2, 0.25) is 0 Å². The lowest BCUT2D eigenvalue weighted by atomic mass is 9.88. The zero-order valence-electron chi connectivity index (χ0n) is 17.0. The highest BCUT2D eigenvalue weighted by molar-refractivity contribution is 7.17. The zero-order valence-corrected chi connectivity index (χ0v) is 17.8. The van der Waals surface area contributed by atoms with Gasteiger partial charge in [-0.15, -0.1) is 11.3 Å². The molecule has 1 aliphatic carbocycles. The Labute approximate surface area is 179 Å². The van der Waals surface area contributed by atoms with E-state index in [1.54, 1.807) is 12.1 Å². The van der Waals surface area contributed by atoms with Crippen LogP contribution in [0.3, 0.4) is 0 Å². The first-order valence-electron chi connectivity index (χ1n) is 9.62. The summed E-state index contributed by atoms with van der Waals surface area (Å²) in [6.45, 7) is 1.87. The van der Waals surface area contributed by atoms with Crippen molar-refractivity contribution in [3.05, 3.63) is 46.3 Å². The molecule has 1 aliphatic rings. The standard InChI is InChI=1S/C21H25N3O5S/c1-13-8-9-15-16(10-13)30-20(19(15)21(26)27-2)23-18(25)12-29-24-17(22)11-28-14-6-4-3-5-7-14/h3-7,13H,8-12H2,1-2H3,(H2,22,24)(H,23,25). The number of nitrogens with two attached hydrogens (primary N) is 1. The molecule has 1 unspecified atom stereocenters. The Morgan fingerprint density at radius 1 is 1.27 bits per heavy atom. The van der Waals surface area contributed by atoms with Crippen molar-refractivity contribution >= 4 is 34.0 Å². The third kappa shape index (κ3) is 5.50. The smallest absolute Gasteiger partial charge is 0.341 e. The summed E-state index contributed by atoms with van der Waals surface area (Å²) in [4.78, 5) is 30.7. The van der Waals surface area contributed by atoms with Crippen LogP contribution in [0.15, 0.2) is 35.5 Å². The first-order valence-corrected chi connectivity index (χ1v) is 10.4. The van der Waals surface area contributed by atoms with Crippen LogP contribution < -0.4 is 15.8 Å². The molecule has 1 heterocycles. The maximum absolute atomic E-state index is 12.3. The van der Waals surface area contributed by atoms with Crippen LogP contribution in [0.1, 0.15) is 34.1 Å². The minimum atomic E-state index is -0.446. The van der Waals surface area contributed by atoms with Gasteiger partial charge in [0.15, 0.2) is 12.4 Å². The fraction of sp³-hybridized carbons (Fsp3) is 0.381. The molecule has 0 aliphatic heterocycles. The second kappa shape index (κ2) is 10.1. The highest BCUT2D eigenvalue weighted by Crippen LogP contribution is 2.39. The highest BCUT2D eigenvalue weighted by Gasteiger charge is 2.28. The van der Waals surface area contributed by atoms with Gasteiger partial charge < -0.3 is 25.4 Å². The van der Waals surface area contributed by atoms with Crippen LogP contribution in [-0.2, 0) is 27.2 Å². The third-order valence-corrected chi connectivity index (χ3v) is 5.83. The number of oxime groups is 1. The van der Waals surface area contributed by atoms with Gasteiger partial charge >= 0.3 is 5.97 Å². The zero-order chi connectivity index (χ0) is 21.5. The molecular formula is C21H25N3O5S. The van der Waals surface area contributed by atoms with Crippen LogP contribution in [0.2, 0.25) is 0 Å². The summed E-state index contributed by atoms with van der Waals surface area (Å²) in [6, 6.07) is 9.15. The van der Waals surface area contributed by atoms with Crippen LogP contribution >= 0.6 is 11.3 Å². The number of methoxy groups -OCH3 is 1. The van der Waals surface area contributed by atoms with E-state index in [4.69, 9.17) is 20.0 Å². The molecule has 1 aromatic carbocycles. The summed E-state index contributed by atoms with van der Waals surface area (Å²) in [6.07, 6.45) is 2.69. The molecule has 1 amide bonds. The lowest BCUT2D eigenvalue weighted by Crippen LogP contribution is -2.23. The highest BCUT2D eigenvalue weighted by atomic mass is 32.1. The van der Waals surface area contributed by atoms with Crippen LogP contribution in [0, 0.1) is 5.92 Å². The maximum Gasteiger partial charge on any atom is 0.341 e. The minimum Gasteiger partial charge on any atom is -0.486 e. The number of hydrogen-bond donors (Lipinski definition) is 2. The molecule has 0 radical (unpaired) electrons. The minimum absolute atomic E-state index is 0.0357. The first kappa shape index (κ1) is 21.6. The second-order valence-corrected chi connectivity index (χ2v) is 8.16. The Morgan fingerprint density at radius 3 is 2.77 bits per heavy atom. The van der Waals surface area contributed by atoms with Crippen molar-refractivity contribution in [2.75, 3.05) is 25.6 Å². The van der Waals surface area contributed by atoms with Gasteiger partial charge in [0.1, 0.15) is 17.4 Å². The Morgan fingerprint density at radius 2 is 2.03 bits per heavy atom. The summed E-state index contributed by atoms with van der Waals surface area (Å²) in [5.74, 6) is 0.414. The van der Waals surface area contributed by atoms with E-state index >= 15 is 0 Å². The molecule has 3 N–H and O–H groups in total. The molecular weight excluding hydrogens is 406 g/mol. The number of carbonyl (C=O) groups is 2. The van der Waals surface area contributed by atoms with Crippen molar-refractivity contribution in [3.63, 3.8) is 0 Å². The Kier molecular flexibility index (Phi) is 7.29. The maximum atomic E-state index is 12.3. The molecule has 2 aromatic rings. The molecule has 30 heavy (non-hydrogen) atoms. The summed E-state index contributed by atoms with van der Waals surface area (Å²) < 4.78 is 10.4. The number of para-hydroxylation sites is 1. The van der Waals surface area contributed by atoms with E-state index < -0.39 is 11.9 Å². The predicted molar refractivity (Wildman–Crippen MR) is 115 cm³/mol. The molecule has 1 atom stereocenters. The number of carbonyl (C=O) groups excluding carboxylic acids is 2. The number of anilines is 1. The van der Waals surface area contributed by atoms with Gasteiger partial charge in [-0.3, -0.25) is 4.79 Å². The quantitative estimate of drug-likeness (QED) is 0.288. The number of ether oxygens (including phenoxy) is 2. The van der Waals surface area contributed by atoms with Crippen LogP contribution in [0.5, 0.6) is 5.75 Å². The average molecular weight is 432 g/mol. The molecule has 0 bridgehead atoms. The molecule has 160 valence electrons. The third-order valence-electron chi connectivity index (χ3n) is 4.66. The van der Waals surface area contributed by atoms with Gasteiger partial charge in [-0.1, -0.05) is 30.3 Å². The summed E-state index contributed by atoms with van der Waals surface area (Å²) in [5.41, 5.74) is 7.15. The SMILES string of the molecule is COC(=O)c1c(NC(=O)CO/N=C(/N)COc2ccccc2)sc2c1CCC(C)C2. The van der Waals surface area contributed by atoms with Crippen molar-refractivity contribution in [3.8, 4) is 5.75 Å². The van der Waals surface area contributed by atoms with E-state index in [1.165, 1.54) is 18.4 Å². The fourth-order valence-electron chi connectivity index (χ4n) is 3.19. The van der Waals surface area contributed by atoms with E-state index in [0.717, 1.165) is 29.7 Å². The van der Waals surface area contributed by atoms with E-state index in [1.807, 2.05) is 18.2 Å². The average Bonchev–Trinajstić information content (AvgIpc) is 3.09. The van der Waals surface area contributed by atoms with E-state index in [-0.39, 0.29) is 19.0 Å². The topological polar surface area (TPSA) is 112 Å². The van der Waals surface area contributed by atoms with Crippen molar-refractivity contribution in [1.82, 2.24) is 0 Å². The normalized spacial score (nSPS) is 15.8. The lowest BCUT2D eigenvalue weighted by Gasteiger charge is -2.18. The number of benzene rings is 1. The number of fused-ring (bicyclic) bond motifs is 1. The van der Waals surface area contributed by atoms with Crippen LogP contribution in [0.4, 0.5) is 5.00 Å². The number of nitrogens with one attached hydrogen (secondary N) is 1. The van der Waals surface area contributed by atoms with Gasteiger partial charge in [-0.05, 0) is 42.9 Å². The monoisotopic (exact) mass is 431 g/mol. The number of esters is 1. The molecule has 0 fully saturated rings. The molecule has 1 aromatic heterocycles. The summed E-state index contributed by atoms with van der Waals surface area (Å²) in [7, 11) is 1.33. The van der Waals surface area contributed by atoms with Gasteiger partial charge in [0.25, 0.3) is 5.91 Å². The lowest BCUT2D eigenvalue weighted by molar-refractivity contribution is -0.120. The molecule has 9 heteroatoms.